The van der Waals surface area contributed by atoms with Crippen LogP contribution in [0, 0.1) is 17.6 Å². The van der Waals surface area contributed by atoms with E-state index in [1.54, 1.807) is 36.4 Å². The van der Waals surface area contributed by atoms with Crippen LogP contribution in [-0.2, 0) is 19.6 Å². The van der Waals surface area contributed by atoms with Crippen molar-refractivity contribution in [3.8, 4) is 5.75 Å². The quantitative estimate of drug-likeness (QED) is 0.232. The Balaban J connectivity index is 1.27. The van der Waals surface area contributed by atoms with Crippen LogP contribution < -0.4 is 9.08 Å². The molecule has 0 amide bonds. The number of anilines is 1. The van der Waals surface area contributed by atoms with Crippen LogP contribution in [0.3, 0.4) is 0 Å². The summed E-state index contributed by atoms with van der Waals surface area (Å²) >= 11 is 0. The lowest BCUT2D eigenvalue weighted by Crippen LogP contribution is -2.59. The topological polar surface area (TPSA) is 146 Å². The first kappa shape index (κ1) is 32.2. The van der Waals surface area contributed by atoms with Gasteiger partial charge in [-0.3, -0.25) is 0 Å². The van der Waals surface area contributed by atoms with Gasteiger partial charge in [0.05, 0.1) is 12.1 Å². The molecule has 0 unspecified atom stereocenters. The molecule has 238 valence electrons. The van der Waals surface area contributed by atoms with Gasteiger partial charge in [0, 0.05) is 25.3 Å². The summed E-state index contributed by atoms with van der Waals surface area (Å²) in [6.07, 6.45) is -7.35. The van der Waals surface area contributed by atoms with Crippen molar-refractivity contribution in [3.63, 3.8) is 0 Å². The Morgan fingerprint density at radius 2 is 1.52 bits per heavy atom. The fraction of sp³-hybridized carbons (Fsp3) is 0.419. The molecule has 5 rings (SSSR count). The Bertz CT molecular complexity index is 1490. The van der Waals surface area contributed by atoms with Crippen molar-refractivity contribution in [2.45, 2.75) is 55.7 Å². The minimum absolute atomic E-state index is 0.0128. The second-order valence-corrected chi connectivity index (χ2v) is 12.7. The first-order valence-electron chi connectivity index (χ1n) is 14.2. The maximum atomic E-state index is 13.6. The summed E-state index contributed by atoms with van der Waals surface area (Å²) in [5.41, 5.74) is 2.27. The van der Waals surface area contributed by atoms with Crippen LogP contribution in [-0.4, -0.2) is 79.0 Å². The lowest BCUT2D eigenvalue weighted by molar-refractivity contribution is -0.285. The molecular weight excluding hydrogens is 600 g/mol. The Morgan fingerprint density at radius 1 is 0.909 bits per heavy atom. The van der Waals surface area contributed by atoms with Crippen molar-refractivity contribution in [2.24, 2.45) is 5.92 Å². The summed E-state index contributed by atoms with van der Waals surface area (Å²) in [5.74, 6) is -1.43. The first-order chi connectivity index (χ1) is 21.0. The van der Waals surface area contributed by atoms with Crippen LogP contribution in [0.1, 0.15) is 36.1 Å². The van der Waals surface area contributed by atoms with E-state index in [-0.39, 0.29) is 29.3 Å². The van der Waals surface area contributed by atoms with E-state index in [1.165, 1.54) is 43.5 Å². The predicted molar refractivity (Wildman–Crippen MR) is 155 cm³/mol. The van der Waals surface area contributed by atoms with Gasteiger partial charge in [-0.05, 0) is 72.5 Å². The molecule has 2 aliphatic rings. The third-order valence-corrected chi connectivity index (χ3v) is 9.33. The van der Waals surface area contributed by atoms with Crippen LogP contribution >= 0.6 is 0 Å². The largest absolute Gasteiger partial charge is 0.388 e. The second kappa shape index (κ2) is 13.4. The lowest BCUT2D eigenvalue weighted by Gasteiger charge is -2.50. The Hall–Kier alpha value is -3.17. The highest BCUT2D eigenvalue weighted by atomic mass is 32.2. The first-order valence-corrected chi connectivity index (χ1v) is 15.7. The summed E-state index contributed by atoms with van der Waals surface area (Å²) in [6, 6.07) is 18.1. The number of benzene rings is 3. The highest BCUT2D eigenvalue weighted by Gasteiger charge is 2.46. The maximum absolute atomic E-state index is 13.6. The third kappa shape index (κ3) is 7.20. The van der Waals surface area contributed by atoms with Crippen LogP contribution in [0.4, 0.5) is 14.5 Å². The van der Waals surface area contributed by atoms with Gasteiger partial charge in [-0.15, -0.1) is 0 Å². The molecule has 2 saturated heterocycles. The smallest absolute Gasteiger partial charge is 0.311 e. The fourth-order valence-electron chi connectivity index (χ4n) is 5.76. The molecule has 2 fully saturated rings. The standard InChI is InChI=1S/C31H35F2NO9S/c1-41-31-30(38)29(37)28(36)26(42-31)17-44(39,40)43-24-13-4-19(5-14-24)27-20(16-34(27)23-11-9-22(33)10-12-23)6-15-25(35)18-2-7-21(32)8-3-18/h2-5,7-14,20,25-31,35-38H,6,15-17H2,1H3/t20-,25-,26+,27+,28+,29-,30+,31-/m0/s1. The molecule has 3 aromatic rings. The summed E-state index contributed by atoms with van der Waals surface area (Å²) in [5, 5.41) is 40.9. The SMILES string of the molecule is CO[C@H]1O[C@H](CS(=O)(=O)Oc2ccc([C@@H]3[C@@H](CC[C@H](O)c4ccc(F)cc4)CN3c3ccc(F)cc3)cc2)[C@@H](O)[C@H](O)[C@H]1O. The van der Waals surface area contributed by atoms with E-state index in [0.29, 0.717) is 24.9 Å². The van der Waals surface area contributed by atoms with Gasteiger partial charge in [0.25, 0.3) is 0 Å². The van der Waals surface area contributed by atoms with Crippen molar-refractivity contribution in [3.05, 3.63) is 95.6 Å². The van der Waals surface area contributed by atoms with Gasteiger partial charge < -0.3 is 39.0 Å². The van der Waals surface area contributed by atoms with Gasteiger partial charge in [0.1, 0.15) is 47.6 Å². The molecule has 0 aromatic heterocycles. The molecule has 0 spiro atoms. The van der Waals surface area contributed by atoms with E-state index < -0.39 is 52.7 Å². The van der Waals surface area contributed by atoms with E-state index in [4.69, 9.17) is 13.7 Å². The molecule has 3 aromatic carbocycles. The van der Waals surface area contributed by atoms with Gasteiger partial charge in [0.2, 0.25) is 0 Å². The molecule has 0 bridgehead atoms. The van der Waals surface area contributed by atoms with E-state index in [0.717, 1.165) is 11.3 Å². The highest BCUT2D eigenvalue weighted by Crippen LogP contribution is 2.45. The van der Waals surface area contributed by atoms with Crippen molar-refractivity contribution in [1.29, 1.82) is 0 Å². The Kier molecular flexibility index (Phi) is 9.85. The average Bonchev–Trinajstić information content (AvgIpc) is 2.98. The molecule has 44 heavy (non-hydrogen) atoms. The molecule has 8 atom stereocenters. The minimum atomic E-state index is -4.31. The summed E-state index contributed by atoms with van der Waals surface area (Å²) < 4.78 is 68.0. The zero-order chi connectivity index (χ0) is 31.6. The summed E-state index contributed by atoms with van der Waals surface area (Å²) in [6.45, 7) is 0.645. The summed E-state index contributed by atoms with van der Waals surface area (Å²) in [4.78, 5) is 2.09. The molecule has 0 aliphatic carbocycles. The van der Waals surface area contributed by atoms with Crippen molar-refractivity contribution in [2.75, 3.05) is 24.3 Å². The number of rotatable bonds is 11. The number of methoxy groups -OCH3 is 1. The molecule has 0 radical (unpaired) electrons. The maximum Gasteiger partial charge on any atom is 0.311 e. The van der Waals surface area contributed by atoms with E-state index in [2.05, 4.69) is 4.90 Å². The number of nitrogens with zero attached hydrogens (tertiary/aromatic N) is 1. The summed E-state index contributed by atoms with van der Waals surface area (Å²) in [7, 11) is -3.10. The van der Waals surface area contributed by atoms with Gasteiger partial charge in [-0.1, -0.05) is 24.3 Å². The Morgan fingerprint density at radius 3 is 2.14 bits per heavy atom. The van der Waals surface area contributed by atoms with Crippen LogP contribution in [0.15, 0.2) is 72.8 Å². The van der Waals surface area contributed by atoms with E-state index >= 15 is 0 Å². The monoisotopic (exact) mass is 635 g/mol. The lowest BCUT2D eigenvalue weighted by atomic mass is 9.79. The highest BCUT2D eigenvalue weighted by molar-refractivity contribution is 7.87. The van der Waals surface area contributed by atoms with Crippen molar-refractivity contribution in [1.82, 2.24) is 0 Å². The van der Waals surface area contributed by atoms with E-state index in [1.807, 2.05) is 0 Å². The van der Waals surface area contributed by atoms with Crippen molar-refractivity contribution >= 4 is 15.8 Å². The average molecular weight is 636 g/mol. The molecule has 2 heterocycles. The third-order valence-electron chi connectivity index (χ3n) is 8.15. The normalized spacial score (nSPS) is 27.9. The van der Waals surface area contributed by atoms with Crippen molar-refractivity contribution < 1.29 is 51.3 Å². The molecule has 2 aliphatic heterocycles. The molecule has 10 nitrogen and oxygen atoms in total. The zero-order valence-electron chi connectivity index (χ0n) is 23.8. The molecular formula is C31H35F2NO9S. The van der Waals surface area contributed by atoms with Crippen LogP contribution in [0.25, 0.3) is 0 Å². The van der Waals surface area contributed by atoms with E-state index in [9.17, 15) is 37.6 Å². The number of hydrogen-bond acceptors (Lipinski definition) is 10. The molecule has 4 N–H and O–H groups in total. The van der Waals surface area contributed by atoms with Crippen LogP contribution in [0.5, 0.6) is 5.75 Å². The second-order valence-electron chi connectivity index (χ2n) is 11.1. The number of hydrogen-bond donors (Lipinski definition) is 4. The fourth-order valence-corrected chi connectivity index (χ4v) is 6.91. The predicted octanol–water partition coefficient (Wildman–Crippen LogP) is 2.82. The number of aliphatic hydroxyl groups excluding tert-OH is 4. The van der Waals surface area contributed by atoms with Gasteiger partial charge in [-0.2, -0.15) is 8.42 Å². The molecule has 0 saturated carbocycles. The number of ether oxygens (including phenoxy) is 2. The minimum Gasteiger partial charge on any atom is -0.388 e. The number of aliphatic hydroxyl groups is 4. The van der Waals surface area contributed by atoms with Gasteiger partial charge >= 0.3 is 10.1 Å². The van der Waals surface area contributed by atoms with Gasteiger partial charge in [0.15, 0.2) is 6.29 Å². The van der Waals surface area contributed by atoms with Gasteiger partial charge in [-0.25, -0.2) is 8.78 Å². The number of halogens is 2. The Labute approximate surface area is 254 Å². The zero-order valence-corrected chi connectivity index (χ0v) is 24.6. The molecule has 13 heteroatoms. The van der Waals surface area contributed by atoms with Crippen LogP contribution in [0.2, 0.25) is 0 Å².